The highest BCUT2D eigenvalue weighted by molar-refractivity contribution is 5.03. The Hall–Kier alpha value is -0.200. The number of hydrogen-bond acceptors (Lipinski definition) is 5. The van der Waals surface area contributed by atoms with Gasteiger partial charge < -0.3 is 20.6 Å². The van der Waals surface area contributed by atoms with Gasteiger partial charge in [-0.3, -0.25) is 4.90 Å². The van der Waals surface area contributed by atoms with Gasteiger partial charge in [0.1, 0.15) is 0 Å². The van der Waals surface area contributed by atoms with Crippen molar-refractivity contribution in [3.8, 4) is 0 Å². The molecule has 0 bridgehead atoms. The fraction of sp³-hybridized carbons (Fsp3) is 1.00. The fourth-order valence-electron chi connectivity index (χ4n) is 2.83. The standard InChI is InChI=1S/C11H22N2O3/c1-2-4-12-7-6-13-5-3-8(14)9(13)11(16)10(7)15/h7-12,14-16H,2-6H2,1H3/t7-,8-,9+,10+,11+/m0/s1. The van der Waals surface area contributed by atoms with Crippen LogP contribution in [0.3, 0.4) is 0 Å². The Bertz CT molecular complexity index is 239. The number of hydrogen-bond donors (Lipinski definition) is 4. The summed E-state index contributed by atoms with van der Waals surface area (Å²) < 4.78 is 0. The average Bonchev–Trinajstić information content (AvgIpc) is 2.63. The Morgan fingerprint density at radius 2 is 2.00 bits per heavy atom. The van der Waals surface area contributed by atoms with Crippen LogP contribution in [0.5, 0.6) is 0 Å². The summed E-state index contributed by atoms with van der Waals surface area (Å²) in [6, 6.07) is -0.369. The molecule has 16 heavy (non-hydrogen) atoms. The lowest BCUT2D eigenvalue weighted by molar-refractivity contribution is -0.101. The van der Waals surface area contributed by atoms with Crippen molar-refractivity contribution < 1.29 is 15.3 Å². The summed E-state index contributed by atoms with van der Waals surface area (Å²) in [6.45, 7) is 4.43. The molecule has 0 radical (unpaired) electrons. The third-order valence-electron chi connectivity index (χ3n) is 3.73. The zero-order chi connectivity index (χ0) is 11.7. The molecule has 0 aliphatic carbocycles. The maximum Gasteiger partial charge on any atom is 0.0994 e. The van der Waals surface area contributed by atoms with Crippen LogP contribution in [0, 0.1) is 0 Å². The van der Waals surface area contributed by atoms with E-state index < -0.39 is 18.3 Å². The van der Waals surface area contributed by atoms with E-state index in [-0.39, 0.29) is 12.1 Å². The lowest BCUT2D eigenvalue weighted by Gasteiger charge is -2.43. The second-order valence-electron chi connectivity index (χ2n) is 4.88. The van der Waals surface area contributed by atoms with Gasteiger partial charge in [0, 0.05) is 19.1 Å². The highest BCUT2D eigenvalue weighted by Crippen LogP contribution is 2.28. The molecule has 0 unspecified atom stereocenters. The third kappa shape index (κ3) is 2.10. The molecule has 0 aromatic carbocycles. The topological polar surface area (TPSA) is 76.0 Å². The first-order valence-electron chi connectivity index (χ1n) is 6.16. The van der Waals surface area contributed by atoms with E-state index in [1.165, 1.54) is 0 Å². The lowest BCUT2D eigenvalue weighted by Crippen LogP contribution is -2.65. The van der Waals surface area contributed by atoms with Gasteiger partial charge >= 0.3 is 0 Å². The summed E-state index contributed by atoms with van der Waals surface area (Å²) in [5.74, 6) is 0. The summed E-state index contributed by atoms with van der Waals surface area (Å²) in [5.41, 5.74) is 0. The van der Waals surface area contributed by atoms with Gasteiger partial charge in [-0.25, -0.2) is 0 Å². The zero-order valence-electron chi connectivity index (χ0n) is 9.71. The number of aliphatic hydroxyl groups excluding tert-OH is 3. The summed E-state index contributed by atoms with van der Waals surface area (Å²) in [5, 5.41) is 33.0. The quantitative estimate of drug-likeness (QED) is 0.476. The van der Waals surface area contributed by atoms with E-state index in [1.807, 2.05) is 0 Å². The molecule has 2 saturated heterocycles. The molecular weight excluding hydrogens is 208 g/mol. The monoisotopic (exact) mass is 230 g/mol. The minimum Gasteiger partial charge on any atom is -0.391 e. The molecule has 0 aromatic heterocycles. The van der Waals surface area contributed by atoms with E-state index in [1.54, 1.807) is 0 Å². The lowest BCUT2D eigenvalue weighted by atomic mass is 9.91. The normalized spacial score (nSPS) is 44.6. The van der Waals surface area contributed by atoms with Crippen LogP contribution >= 0.6 is 0 Å². The van der Waals surface area contributed by atoms with Crippen LogP contribution in [0.1, 0.15) is 19.8 Å². The van der Waals surface area contributed by atoms with Crippen molar-refractivity contribution in [1.29, 1.82) is 0 Å². The summed E-state index contributed by atoms with van der Waals surface area (Å²) in [6.07, 6.45) is -0.432. The minimum atomic E-state index is -0.847. The molecule has 0 saturated carbocycles. The van der Waals surface area contributed by atoms with Crippen molar-refractivity contribution in [1.82, 2.24) is 10.2 Å². The van der Waals surface area contributed by atoms with Crippen LogP contribution in [0.2, 0.25) is 0 Å². The summed E-state index contributed by atoms with van der Waals surface area (Å²) in [7, 11) is 0. The molecule has 2 rings (SSSR count). The third-order valence-corrected chi connectivity index (χ3v) is 3.73. The number of piperidine rings is 1. The van der Waals surface area contributed by atoms with Crippen LogP contribution in [0.4, 0.5) is 0 Å². The van der Waals surface area contributed by atoms with Gasteiger partial charge in [-0.05, 0) is 19.4 Å². The molecule has 5 nitrogen and oxygen atoms in total. The Morgan fingerprint density at radius 3 is 2.69 bits per heavy atom. The Balaban J connectivity index is 2.00. The van der Waals surface area contributed by atoms with E-state index in [9.17, 15) is 15.3 Å². The molecule has 0 spiro atoms. The van der Waals surface area contributed by atoms with Crippen molar-refractivity contribution in [2.75, 3.05) is 19.6 Å². The van der Waals surface area contributed by atoms with Gasteiger partial charge in [0.15, 0.2) is 0 Å². The molecule has 0 aromatic rings. The smallest absolute Gasteiger partial charge is 0.0994 e. The van der Waals surface area contributed by atoms with Crippen LogP contribution in [-0.2, 0) is 0 Å². The molecule has 2 fully saturated rings. The predicted octanol–water partition coefficient (Wildman–Crippen LogP) is -1.47. The zero-order valence-corrected chi connectivity index (χ0v) is 9.71. The van der Waals surface area contributed by atoms with Crippen LogP contribution in [0.25, 0.3) is 0 Å². The summed E-state index contributed by atoms with van der Waals surface area (Å²) >= 11 is 0. The maximum atomic E-state index is 10.00. The van der Waals surface area contributed by atoms with Gasteiger partial charge in [0.25, 0.3) is 0 Å². The highest BCUT2D eigenvalue weighted by Gasteiger charge is 2.47. The largest absolute Gasteiger partial charge is 0.391 e. The van der Waals surface area contributed by atoms with Crippen LogP contribution in [0.15, 0.2) is 0 Å². The van der Waals surface area contributed by atoms with Crippen LogP contribution in [-0.4, -0.2) is 70.2 Å². The van der Waals surface area contributed by atoms with E-state index in [0.717, 1.165) is 19.5 Å². The second kappa shape index (κ2) is 4.98. The van der Waals surface area contributed by atoms with Gasteiger partial charge in [0.05, 0.1) is 24.4 Å². The second-order valence-corrected chi connectivity index (χ2v) is 4.88. The number of nitrogens with zero attached hydrogens (tertiary/aromatic N) is 1. The highest BCUT2D eigenvalue weighted by atomic mass is 16.3. The van der Waals surface area contributed by atoms with Crippen molar-refractivity contribution in [3.63, 3.8) is 0 Å². The van der Waals surface area contributed by atoms with Gasteiger partial charge in [-0.1, -0.05) is 6.92 Å². The first-order chi connectivity index (χ1) is 7.65. The number of fused-ring (bicyclic) bond motifs is 1. The predicted molar refractivity (Wildman–Crippen MR) is 60.1 cm³/mol. The van der Waals surface area contributed by atoms with E-state index in [4.69, 9.17) is 0 Å². The van der Waals surface area contributed by atoms with E-state index in [2.05, 4.69) is 17.1 Å². The first-order valence-corrected chi connectivity index (χ1v) is 6.16. The Labute approximate surface area is 96.1 Å². The molecule has 0 amide bonds. The Kier molecular flexibility index (Phi) is 3.81. The molecular formula is C11H22N2O3. The molecule has 4 N–H and O–H groups in total. The summed E-state index contributed by atoms with van der Waals surface area (Å²) in [4.78, 5) is 2.08. The SMILES string of the molecule is CCCN[C@H]1CN2CC[C@H](O)[C@@H]2[C@@H](O)[C@@H]1O. The van der Waals surface area contributed by atoms with Gasteiger partial charge in [0.2, 0.25) is 0 Å². The molecule has 5 atom stereocenters. The number of aliphatic hydroxyl groups is 3. The Morgan fingerprint density at radius 1 is 1.25 bits per heavy atom. The van der Waals surface area contributed by atoms with Crippen molar-refractivity contribution in [2.45, 2.75) is 50.2 Å². The van der Waals surface area contributed by atoms with E-state index in [0.29, 0.717) is 13.0 Å². The average molecular weight is 230 g/mol. The van der Waals surface area contributed by atoms with Gasteiger partial charge in [-0.15, -0.1) is 0 Å². The fourth-order valence-corrected chi connectivity index (χ4v) is 2.83. The van der Waals surface area contributed by atoms with E-state index >= 15 is 0 Å². The van der Waals surface area contributed by atoms with Crippen LogP contribution < -0.4 is 5.32 Å². The number of rotatable bonds is 3. The number of nitrogens with one attached hydrogen (secondary N) is 1. The van der Waals surface area contributed by atoms with Crippen molar-refractivity contribution in [2.24, 2.45) is 0 Å². The maximum absolute atomic E-state index is 10.00. The first kappa shape index (κ1) is 12.3. The minimum absolute atomic E-state index is 0.0866. The molecule has 2 heterocycles. The molecule has 94 valence electrons. The molecule has 2 aliphatic rings. The molecule has 5 heteroatoms. The molecule has 2 aliphatic heterocycles. The van der Waals surface area contributed by atoms with Gasteiger partial charge in [-0.2, -0.15) is 0 Å². The van der Waals surface area contributed by atoms with Crippen molar-refractivity contribution in [3.05, 3.63) is 0 Å². The van der Waals surface area contributed by atoms with Crippen molar-refractivity contribution >= 4 is 0 Å².